The standard InChI is InChI=1S/C11H14N4O2S/c1-7-8(5-13-15-7)3-2-4-12-11-14-9(6-18-11)10(16)17/h5-6H,2-4H2,1H3,(H,12,14)(H,13,15)(H,16,17). The Hall–Kier alpha value is -1.89. The number of aromatic amines is 1. The maximum absolute atomic E-state index is 10.6. The second kappa shape index (κ2) is 5.63. The van der Waals surface area contributed by atoms with Crippen LogP contribution in [-0.2, 0) is 6.42 Å². The fourth-order valence-corrected chi connectivity index (χ4v) is 2.27. The highest BCUT2D eigenvalue weighted by molar-refractivity contribution is 7.13. The predicted molar refractivity (Wildman–Crippen MR) is 69.2 cm³/mol. The third-order valence-electron chi connectivity index (χ3n) is 2.56. The molecule has 0 saturated heterocycles. The Morgan fingerprint density at radius 1 is 1.61 bits per heavy atom. The van der Waals surface area contributed by atoms with Gasteiger partial charge in [-0.05, 0) is 25.3 Å². The van der Waals surface area contributed by atoms with Crippen molar-refractivity contribution in [3.8, 4) is 0 Å². The van der Waals surface area contributed by atoms with E-state index in [1.54, 1.807) is 0 Å². The number of nitrogens with zero attached hydrogens (tertiary/aromatic N) is 2. The molecule has 0 aromatic carbocycles. The first-order chi connectivity index (χ1) is 8.66. The lowest BCUT2D eigenvalue weighted by molar-refractivity contribution is 0.0691. The molecule has 0 aliphatic heterocycles. The molecule has 0 fully saturated rings. The van der Waals surface area contributed by atoms with Gasteiger partial charge in [0.1, 0.15) is 0 Å². The smallest absolute Gasteiger partial charge is 0.355 e. The van der Waals surface area contributed by atoms with Crippen LogP contribution in [-0.4, -0.2) is 32.8 Å². The molecule has 6 nitrogen and oxygen atoms in total. The summed E-state index contributed by atoms with van der Waals surface area (Å²) in [7, 11) is 0. The minimum atomic E-state index is -0.992. The van der Waals surface area contributed by atoms with Gasteiger partial charge >= 0.3 is 5.97 Å². The van der Waals surface area contributed by atoms with Gasteiger partial charge < -0.3 is 10.4 Å². The number of aromatic nitrogens is 3. The molecule has 96 valence electrons. The van der Waals surface area contributed by atoms with Gasteiger partial charge in [0.2, 0.25) is 0 Å². The number of hydrogen-bond donors (Lipinski definition) is 3. The topological polar surface area (TPSA) is 90.9 Å². The van der Waals surface area contributed by atoms with Crippen molar-refractivity contribution in [2.45, 2.75) is 19.8 Å². The summed E-state index contributed by atoms with van der Waals surface area (Å²) in [6, 6.07) is 0. The number of aromatic carboxylic acids is 1. The maximum atomic E-state index is 10.6. The number of thiazole rings is 1. The monoisotopic (exact) mass is 266 g/mol. The van der Waals surface area contributed by atoms with Crippen LogP contribution < -0.4 is 5.32 Å². The first-order valence-corrected chi connectivity index (χ1v) is 6.46. The van der Waals surface area contributed by atoms with Gasteiger partial charge in [0, 0.05) is 17.6 Å². The van der Waals surface area contributed by atoms with E-state index < -0.39 is 5.97 Å². The lowest BCUT2D eigenvalue weighted by Crippen LogP contribution is -2.04. The van der Waals surface area contributed by atoms with Crippen LogP contribution in [0.3, 0.4) is 0 Å². The number of carboxylic acids is 1. The zero-order valence-corrected chi connectivity index (χ0v) is 10.8. The molecular weight excluding hydrogens is 252 g/mol. The number of rotatable bonds is 6. The molecule has 0 amide bonds. The van der Waals surface area contributed by atoms with Gasteiger partial charge in [-0.25, -0.2) is 9.78 Å². The molecule has 0 aliphatic carbocycles. The number of aryl methyl sites for hydroxylation is 2. The van der Waals surface area contributed by atoms with Gasteiger partial charge in [-0.15, -0.1) is 11.3 Å². The molecule has 2 rings (SSSR count). The highest BCUT2D eigenvalue weighted by Gasteiger charge is 2.07. The molecule has 0 radical (unpaired) electrons. The van der Waals surface area contributed by atoms with Gasteiger partial charge in [0.25, 0.3) is 0 Å². The van der Waals surface area contributed by atoms with Crippen molar-refractivity contribution in [2.75, 3.05) is 11.9 Å². The summed E-state index contributed by atoms with van der Waals surface area (Å²) in [4.78, 5) is 14.6. The second-order valence-corrected chi connectivity index (χ2v) is 4.75. The highest BCUT2D eigenvalue weighted by atomic mass is 32.1. The highest BCUT2D eigenvalue weighted by Crippen LogP contribution is 2.15. The van der Waals surface area contributed by atoms with Crippen LogP contribution in [0.1, 0.15) is 28.2 Å². The average molecular weight is 266 g/mol. The molecule has 0 unspecified atom stereocenters. The van der Waals surface area contributed by atoms with Crippen LogP contribution in [0.5, 0.6) is 0 Å². The summed E-state index contributed by atoms with van der Waals surface area (Å²) in [6.45, 7) is 2.76. The minimum absolute atomic E-state index is 0.0909. The minimum Gasteiger partial charge on any atom is -0.476 e. The molecule has 2 heterocycles. The van der Waals surface area contributed by atoms with Crippen molar-refractivity contribution in [3.05, 3.63) is 28.5 Å². The third-order valence-corrected chi connectivity index (χ3v) is 3.36. The van der Waals surface area contributed by atoms with E-state index in [4.69, 9.17) is 5.11 Å². The zero-order valence-electron chi connectivity index (χ0n) is 9.93. The molecule has 7 heteroatoms. The van der Waals surface area contributed by atoms with E-state index >= 15 is 0 Å². The molecular formula is C11H14N4O2S. The van der Waals surface area contributed by atoms with Crippen LogP contribution in [0, 0.1) is 6.92 Å². The fraction of sp³-hybridized carbons (Fsp3) is 0.364. The van der Waals surface area contributed by atoms with Crippen LogP contribution >= 0.6 is 11.3 Å². The fourth-order valence-electron chi connectivity index (χ4n) is 1.56. The summed E-state index contributed by atoms with van der Waals surface area (Å²) in [5.74, 6) is -0.992. The number of anilines is 1. The van der Waals surface area contributed by atoms with E-state index in [0.29, 0.717) is 5.13 Å². The largest absolute Gasteiger partial charge is 0.476 e. The van der Waals surface area contributed by atoms with Gasteiger partial charge in [-0.2, -0.15) is 5.10 Å². The summed E-state index contributed by atoms with van der Waals surface area (Å²) < 4.78 is 0. The zero-order chi connectivity index (χ0) is 13.0. The van der Waals surface area contributed by atoms with Gasteiger partial charge in [0.15, 0.2) is 10.8 Å². The molecule has 0 spiro atoms. The number of carbonyl (C=O) groups is 1. The predicted octanol–water partition coefficient (Wildman–Crippen LogP) is 1.92. The van der Waals surface area contributed by atoms with Crippen molar-refractivity contribution >= 4 is 22.4 Å². The normalized spacial score (nSPS) is 10.5. The molecule has 0 atom stereocenters. The van der Waals surface area contributed by atoms with E-state index in [1.807, 2.05) is 13.1 Å². The average Bonchev–Trinajstić information content (AvgIpc) is 2.94. The Kier molecular flexibility index (Phi) is 3.93. The Labute approximate surface area is 108 Å². The van der Waals surface area contributed by atoms with Crippen LogP contribution in [0.15, 0.2) is 11.6 Å². The van der Waals surface area contributed by atoms with Crippen LogP contribution in [0.2, 0.25) is 0 Å². The lowest BCUT2D eigenvalue weighted by atomic mass is 10.1. The first kappa shape index (κ1) is 12.6. The Bertz CT molecular complexity index is 535. The number of hydrogen-bond acceptors (Lipinski definition) is 5. The van der Waals surface area contributed by atoms with E-state index in [0.717, 1.165) is 25.1 Å². The quantitative estimate of drug-likeness (QED) is 0.695. The van der Waals surface area contributed by atoms with Gasteiger partial charge in [0.05, 0.1) is 6.20 Å². The molecule has 2 aromatic heterocycles. The maximum Gasteiger partial charge on any atom is 0.355 e. The van der Waals surface area contributed by atoms with Crippen LogP contribution in [0.25, 0.3) is 0 Å². The Morgan fingerprint density at radius 2 is 2.44 bits per heavy atom. The second-order valence-electron chi connectivity index (χ2n) is 3.89. The Balaban J connectivity index is 1.75. The summed E-state index contributed by atoms with van der Waals surface area (Å²) in [5.41, 5.74) is 2.40. The SMILES string of the molecule is Cc1[nH]ncc1CCCNc1nc(C(=O)O)cs1. The summed E-state index contributed by atoms with van der Waals surface area (Å²) in [5, 5.41) is 20.9. The molecule has 0 bridgehead atoms. The molecule has 3 N–H and O–H groups in total. The Morgan fingerprint density at radius 3 is 3.06 bits per heavy atom. The number of H-pyrrole nitrogens is 1. The third kappa shape index (κ3) is 3.07. The summed E-state index contributed by atoms with van der Waals surface area (Å²) >= 11 is 1.31. The van der Waals surface area contributed by atoms with E-state index in [9.17, 15) is 4.79 Å². The molecule has 18 heavy (non-hydrogen) atoms. The van der Waals surface area contributed by atoms with E-state index in [-0.39, 0.29) is 5.69 Å². The van der Waals surface area contributed by atoms with Crippen molar-refractivity contribution < 1.29 is 9.90 Å². The van der Waals surface area contributed by atoms with Gasteiger partial charge in [-0.1, -0.05) is 0 Å². The lowest BCUT2D eigenvalue weighted by Gasteiger charge is -2.01. The van der Waals surface area contributed by atoms with Crippen molar-refractivity contribution in [1.29, 1.82) is 0 Å². The van der Waals surface area contributed by atoms with Crippen molar-refractivity contribution in [1.82, 2.24) is 15.2 Å². The van der Waals surface area contributed by atoms with Crippen molar-refractivity contribution in [2.24, 2.45) is 0 Å². The molecule has 2 aromatic rings. The summed E-state index contributed by atoms with van der Waals surface area (Å²) in [6.07, 6.45) is 3.72. The van der Waals surface area contributed by atoms with E-state index in [2.05, 4.69) is 20.5 Å². The first-order valence-electron chi connectivity index (χ1n) is 5.58. The van der Waals surface area contributed by atoms with Gasteiger partial charge in [-0.3, -0.25) is 5.10 Å². The molecule has 0 aliphatic rings. The van der Waals surface area contributed by atoms with Crippen LogP contribution in [0.4, 0.5) is 5.13 Å². The van der Waals surface area contributed by atoms with E-state index in [1.165, 1.54) is 22.3 Å². The van der Waals surface area contributed by atoms with Crippen molar-refractivity contribution in [3.63, 3.8) is 0 Å². The number of nitrogens with one attached hydrogen (secondary N) is 2. The molecule has 0 saturated carbocycles. The number of carboxylic acid groups (broad SMARTS) is 1.